The van der Waals surface area contributed by atoms with Gasteiger partial charge in [-0.2, -0.15) is 10.2 Å². The molecule has 2 rings (SSSR count). The van der Waals surface area contributed by atoms with E-state index >= 15 is 0 Å². The molecule has 0 aliphatic carbocycles. The minimum absolute atomic E-state index is 0.0715. The Hall–Kier alpha value is -1.62. The second-order valence-corrected chi connectivity index (χ2v) is 4.50. The van der Waals surface area contributed by atoms with Crippen LogP contribution in [0, 0.1) is 13.8 Å². The van der Waals surface area contributed by atoms with E-state index in [9.17, 15) is 0 Å². The van der Waals surface area contributed by atoms with Crippen LogP contribution in [0.25, 0.3) is 0 Å². The van der Waals surface area contributed by atoms with E-state index in [-0.39, 0.29) is 6.04 Å². The van der Waals surface area contributed by atoms with E-state index in [1.54, 1.807) is 4.68 Å². The summed E-state index contributed by atoms with van der Waals surface area (Å²) in [5, 5.41) is 8.74. The number of hydrogen-bond donors (Lipinski definition) is 1. The molecule has 2 aromatic heterocycles. The standard InChI is InChI=1S/C12H19N5/c1-8-10(9(2)17(4)14-8)7-11(13)12-5-6-16(3)15-12/h5-6,11H,7,13H2,1-4H3. The predicted molar refractivity (Wildman–Crippen MR) is 66.5 cm³/mol. The Morgan fingerprint density at radius 3 is 2.47 bits per heavy atom. The van der Waals surface area contributed by atoms with E-state index in [4.69, 9.17) is 5.73 Å². The van der Waals surface area contributed by atoms with Gasteiger partial charge in [0, 0.05) is 26.0 Å². The summed E-state index contributed by atoms with van der Waals surface area (Å²) in [4.78, 5) is 0. The van der Waals surface area contributed by atoms with E-state index < -0.39 is 0 Å². The van der Waals surface area contributed by atoms with Crippen LogP contribution in [0.1, 0.15) is 28.7 Å². The van der Waals surface area contributed by atoms with Gasteiger partial charge in [-0.1, -0.05) is 0 Å². The lowest BCUT2D eigenvalue weighted by Crippen LogP contribution is -2.15. The molecule has 5 nitrogen and oxygen atoms in total. The molecule has 0 saturated carbocycles. The van der Waals surface area contributed by atoms with E-state index in [2.05, 4.69) is 17.1 Å². The Labute approximate surface area is 101 Å². The van der Waals surface area contributed by atoms with Crippen LogP contribution >= 0.6 is 0 Å². The fourth-order valence-electron chi connectivity index (χ4n) is 2.07. The van der Waals surface area contributed by atoms with Gasteiger partial charge < -0.3 is 5.73 Å². The molecule has 1 unspecified atom stereocenters. The molecule has 5 heteroatoms. The molecule has 0 fully saturated rings. The van der Waals surface area contributed by atoms with Gasteiger partial charge in [0.15, 0.2) is 0 Å². The molecule has 2 aromatic rings. The van der Waals surface area contributed by atoms with Gasteiger partial charge in [-0.3, -0.25) is 9.36 Å². The molecule has 0 aromatic carbocycles. The van der Waals surface area contributed by atoms with Crippen molar-refractivity contribution in [2.75, 3.05) is 0 Å². The molecular weight excluding hydrogens is 214 g/mol. The van der Waals surface area contributed by atoms with E-state index in [0.717, 1.165) is 17.8 Å². The fourth-order valence-corrected chi connectivity index (χ4v) is 2.07. The average Bonchev–Trinajstić information content (AvgIpc) is 2.79. The quantitative estimate of drug-likeness (QED) is 0.860. The zero-order valence-electron chi connectivity index (χ0n) is 10.8. The molecule has 17 heavy (non-hydrogen) atoms. The summed E-state index contributed by atoms with van der Waals surface area (Å²) >= 11 is 0. The largest absolute Gasteiger partial charge is 0.322 e. The van der Waals surface area contributed by atoms with Gasteiger partial charge in [-0.25, -0.2) is 0 Å². The summed E-state index contributed by atoms with van der Waals surface area (Å²) in [7, 11) is 3.86. The summed E-state index contributed by atoms with van der Waals surface area (Å²) in [6.45, 7) is 4.09. The zero-order chi connectivity index (χ0) is 12.6. The van der Waals surface area contributed by atoms with Crippen molar-refractivity contribution in [3.05, 3.63) is 34.9 Å². The second-order valence-electron chi connectivity index (χ2n) is 4.50. The summed E-state index contributed by atoms with van der Waals surface area (Å²) in [5.74, 6) is 0. The predicted octanol–water partition coefficient (Wildman–Crippen LogP) is 1.01. The summed E-state index contributed by atoms with van der Waals surface area (Å²) in [6, 6.07) is 1.89. The van der Waals surface area contributed by atoms with Crippen LogP contribution in [0.3, 0.4) is 0 Å². The lowest BCUT2D eigenvalue weighted by Gasteiger charge is -2.09. The topological polar surface area (TPSA) is 61.7 Å². The number of hydrogen-bond acceptors (Lipinski definition) is 3. The van der Waals surface area contributed by atoms with Crippen LogP contribution in [-0.2, 0) is 20.5 Å². The number of rotatable bonds is 3. The van der Waals surface area contributed by atoms with Crippen molar-refractivity contribution in [1.29, 1.82) is 0 Å². The molecule has 2 heterocycles. The van der Waals surface area contributed by atoms with Crippen molar-refractivity contribution in [1.82, 2.24) is 19.6 Å². The van der Waals surface area contributed by atoms with Crippen LogP contribution in [0.15, 0.2) is 12.3 Å². The third-order valence-electron chi connectivity index (χ3n) is 3.20. The van der Waals surface area contributed by atoms with Gasteiger partial charge in [-0.05, 0) is 31.9 Å². The fraction of sp³-hybridized carbons (Fsp3) is 0.500. The first-order valence-corrected chi connectivity index (χ1v) is 5.73. The van der Waals surface area contributed by atoms with Gasteiger partial charge >= 0.3 is 0 Å². The van der Waals surface area contributed by atoms with Crippen LogP contribution < -0.4 is 5.73 Å². The van der Waals surface area contributed by atoms with Crippen molar-refractivity contribution in [2.24, 2.45) is 19.8 Å². The van der Waals surface area contributed by atoms with Crippen LogP contribution in [-0.4, -0.2) is 19.6 Å². The summed E-state index contributed by atoms with van der Waals surface area (Å²) in [6.07, 6.45) is 2.70. The Balaban J connectivity index is 2.21. The van der Waals surface area contributed by atoms with Gasteiger partial charge in [0.25, 0.3) is 0 Å². The van der Waals surface area contributed by atoms with Crippen molar-refractivity contribution in [3.63, 3.8) is 0 Å². The summed E-state index contributed by atoms with van der Waals surface area (Å²) in [5.41, 5.74) is 10.6. The molecule has 92 valence electrons. The highest BCUT2D eigenvalue weighted by Gasteiger charge is 2.16. The molecule has 0 spiro atoms. The molecular formula is C12H19N5. The number of nitrogens with two attached hydrogens (primary N) is 1. The van der Waals surface area contributed by atoms with E-state index in [0.29, 0.717) is 0 Å². The second kappa shape index (κ2) is 4.33. The van der Waals surface area contributed by atoms with Crippen molar-refractivity contribution < 1.29 is 0 Å². The molecule has 0 aliphatic rings. The molecule has 1 atom stereocenters. The zero-order valence-corrected chi connectivity index (χ0v) is 10.8. The molecule has 0 amide bonds. The van der Waals surface area contributed by atoms with E-state index in [1.807, 2.05) is 38.0 Å². The molecule has 0 radical (unpaired) electrons. The van der Waals surface area contributed by atoms with Crippen LogP contribution in [0.5, 0.6) is 0 Å². The smallest absolute Gasteiger partial charge is 0.0795 e. The maximum atomic E-state index is 6.17. The van der Waals surface area contributed by atoms with Crippen LogP contribution in [0.4, 0.5) is 0 Å². The third-order valence-corrected chi connectivity index (χ3v) is 3.20. The number of aromatic nitrogens is 4. The first-order valence-electron chi connectivity index (χ1n) is 5.73. The third kappa shape index (κ3) is 2.24. The van der Waals surface area contributed by atoms with Crippen molar-refractivity contribution in [2.45, 2.75) is 26.3 Å². The molecule has 0 saturated heterocycles. The minimum atomic E-state index is -0.0715. The van der Waals surface area contributed by atoms with Gasteiger partial charge in [0.2, 0.25) is 0 Å². The SMILES string of the molecule is Cc1nn(C)c(C)c1CC(N)c1ccn(C)n1. The number of nitrogens with zero attached hydrogens (tertiary/aromatic N) is 4. The minimum Gasteiger partial charge on any atom is -0.322 e. The molecule has 0 aliphatic heterocycles. The number of aryl methyl sites for hydroxylation is 3. The Bertz CT molecular complexity index is 523. The maximum absolute atomic E-state index is 6.17. The molecule has 2 N–H and O–H groups in total. The van der Waals surface area contributed by atoms with Gasteiger partial charge in [0.1, 0.15) is 0 Å². The van der Waals surface area contributed by atoms with Gasteiger partial charge in [0.05, 0.1) is 17.4 Å². The molecule has 0 bridgehead atoms. The Kier molecular flexibility index (Phi) is 3.02. The lowest BCUT2D eigenvalue weighted by molar-refractivity contribution is 0.653. The van der Waals surface area contributed by atoms with Crippen LogP contribution in [0.2, 0.25) is 0 Å². The Morgan fingerprint density at radius 1 is 1.29 bits per heavy atom. The first kappa shape index (κ1) is 11.9. The Morgan fingerprint density at radius 2 is 2.00 bits per heavy atom. The van der Waals surface area contributed by atoms with Crippen molar-refractivity contribution >= 4 is 0 Å². The highest BCUT2D eigenvalue weighted by molar-refractivity contribution is 5.26. The highest BCUT2D eigenvalue weighted by Crippen LogP contribution is 2.19. The monoisotopic (exact) mass is 233 g/mol. The lowest BCUT2D eigenvalue weighted by atomic mass is 10.0. The summed E-state index contributed by atoms with van der Waals surface area (Å²) < 4.78 is 3.67. The highest BCUT2D eigenvalue weighted by atomic mass is 15.3. The van der Waals surface area contributed by atoms with E-state index in [1.165, 1.54) is 11.3 Å². The van der Waals surface area contributed by atoms with Crippen molar-refractivity contribution in [3.8, 4) is 0 Å². The average molecular weight is 233 g/mol. The normalized spacial score (nSPS) is 13.0. The van der Waals surface area contributed by atoms with Gasteiger partial charge in [-0.15, -0.1) is 0 Å². The maximum Gasteiger partial charge on any atom is 0.0795 e. The first-order chi connectivity index (χ1) is 7.99.